The van der Waals surface area contributed by atoms with Crippen molar-refractivity contribution in [2.75, 3.05) is 11.6 Å². The third-order valence-electron chi connectivity index (χ3n) is 5.86. The molecule has 3 amide bonds. The maximum atomic E-state index is 14.1. The zero-order chi connectivity index (χ0) is 32.1. The number of benzene rings is 2. The van der Waals surface area contributed by atoms with Gasteiger partial charge in [-0.15, -0.1) is 0 Å². The highest BCUT2D eigenvalue weighted by molar-refractivity contribution is 7.90. The highest BCUT2D eigenvalue weighted by atomic mass is 35.5. The van der Waals surface area contributed by atoms with E-state index in [1.807, 2.05) is 0 Å². The third kappa shape index (κ3) is 6.81. The maximum Gasteiger partial charge on any atom is 0.417 e. The van der Waals surface area contributed by atoms with E-state index in [9.17, 15) is 31.2 Å². The lowest BCUT2D eigenvalue weighted by atomic mass is 9.91. The van der Waals surface area contributed by atoms with E-state index in [0.717, 1.165) is 24.5 Å². The van der Waals surface area contributed by atoms with Crippen molar-refractivity contribution in [2.45, 2.75) is 37.6 Å². The molecule has 4 N–H and O–H groups in total. The maximum absolute atomic E-state index is 14.1. The SMILES string of the molecule is CC(C)(C)NC(=O)Nc1nc2nc(S(C)(=O)=O)ncc2cc1-c1c(Cl)ccc(-c2c(C(N)=O)cccc2C(F)(F)F)c1Cl. The van der Waals surface area contributed by atoms with Crippen LogP contribution >= 0.6 is 23.2 Å². The summed E-state index contributed by atoms with van der Waals surface area (Å²) in [6, 6.07) is 6.11. The fourth-order valence-corrected chi connectivity index (χ4v) is 5.33. The zero-order valence-electron chi connectivity index (χ0n) is 22.9. The number of urea groups is 1. The van der Waals surface area contributed by atoms with Crippen molar-refractivity contribution in [1.29, 1.82) is 0 Å². The molecule has 0 aliphatic carbocycles. The van der Waals surface area contributed by atoms with Gasteiger partial charge in [-0.05, 0) is 45.0 Å². The van der Waals surface area contributed by atoms with Gasteiger partial charge < -0.3 is 11.1 Å². The molecule has 2 aromatic heterocycles. The number of nitrogens with zero attached hydrogens (tertiary/aromatic N) is 3. The van der Waals surface area contributed by atoms with Crippen molar-refractivity contribution in [3.63, 3.8) is 0 Å². The van der Waals surface area contributed by atoms with E-state index in [-0.39, 0.29) is 43.6 Å². The van der Waals surface area contributed by atoms with Crippen LogP contribution in [0.2, 0.25) is 10.0 Å². The van der Waals surface area contributed by atoms with E-state index in [1.54, 1.807) is 20.8 Å². The van der Waals surface area contributed by atoms with E-state index in [1.165, 1.54) is 24.4 Å². The molecular weight excluding hydrogens is 632 g/mol. The summed E-state index contributed by atoms with van der Waals surface area (Å²) in [5, 5.41) is 4.53. The van der Waals surface area contributed by atoms with Crippen molar-refractivity contribution in [1.82, 2.24) is 20.3 Å². The van der Waals surface area contributed by atoms with E-state index >= 15 is 0 Å². The predicted molar refractivity (Wildman–Crippen MR) is 157 cm³/mol. The predicted octanol–water partition coefficient (Wildman–Crippen LogP) is 6.11. The highest BCUT2D eigenvalue weighted by Crippen LogP contribution is 2.47. The van der Waals surface area contributed by atoms with Crippen molar-refractivity contribution < 1.29 is 31.2 Å². The molecule has 0 spiro atoms. The van der Waals surface area contributed by atoms with Crippen LogP contribution in [0.5, 0.6) is 0 Å². The first-order valence-electron chi connectivity index (χ1n) is 12.2. The Hall–Kier alpha value is -4.01. The molecule has 0 saturated carbocycles. The molecule has 0 aliphatic rings. The summed E-state index contributed by atoms with van der Waals surface area (Å²) in [5.41, 5.74) is 2.21. The van der Waals surface area contributed by atoms with Crippen LogP contribution in [0.1, 0.15) is 36.7 Å². The van der Waals surface area contributed by atoms with Crippen molar-refractivity contribution >= 4 is 61.8 Å². The summed E-state index contributed by atoms with van der Waals surface area (Å²) in [6.45, 7) is 5.16. The number of aromatic nitrogens is 3. The molecule has 43 heavy (non-hydrogen) atoms. The Morgan fingerprint density at radius 2 is 1.65 bits per heavy atom. The number of rotatable bonds is 5. The Bertz CT molecular complexity index is 1910. The van der Waals surface area contributed by atoms with Gasteiger partial charge in [-0.3, -0.25) is 10.1 Å². The topological polar surface area (TPSA) is 157 Å². The number of carbonyl (C=O) groups is 2. The Morgan fingerprint density at radius 3 is 2.23 bits per heavy atom. The summed E-state index contributed by atoms with van der Waals surface area (Å²) < 4.78 is 66.4. The number of alkyl halides is 3. The van der Waals surface area contributed by atoms with Crippen LogP contribution in [0.25, 0.3) is 33.3 Å². The summed E-state index contributed by atoms with van der Waals surface area (Å²) in [4.78, 5) is 37.2. The Balaban J connectivity index is 2.06. The first-order valence-corrected chi connectivity index (χ1v) is 14.9. The molecule has 0 aliphatic heterocycles. The smallest absolute Gasteiger partial charge is 0.366 e. The minimum atomic E-state index is -4.89. The van der Waals surface area contributed by atoms with E-state index in [2.05, 4.69) is 25.6 Å². The molecule has 226 valence electrons. The molecule has 2 aromatic carbocycles. The Labute approximate surface area is 253 Å². The van der Waals surface area contributed by atoms with Crippen LogP contribution in [0.3, 0.4) is 0 Å². The van der Waals surface area contributed by atoms with Crippen LogP contribution < -0.4 is 16.4 Å². The van der Waals surface area contributed by atoms with Crippen LogP contribution in [-0.4, -0.2) is 47.1 Å². The van der Waals surface area contributed by atoms with Crippen LogP contribution in [0.15, 0.2) is 47.8 Å². The first kappa shape index (κ1) is 31.9. The fraction of sp³-hybridized carbons (Fsp3) is 0.222. The van der Waals surface area contributed by atoms with Gasteiger partial charge in [0.05, 0.1) is 15.6 Å². The van der Waals surface area contributed by atoms with Gasteiger partial charge >= 0.3 is 12.2 Å². The van der Waals surface area contributed by atoms with Gasteiger partial charge in [0.1, 0.15) is 5.82 Å². The van der Waals surface area contributed by atoms with Gasteiger partial charge in [0.25, 0.3) is 0 Å². The molecule has 0 radical (unpaired) electrons. The molecule has 0 fully saturated rings. The largest absolute Gasteiger partial charge is 0.417 e. The standard InChI is InChI=1S/C27H23Cl2F3N6O4S/c1-26(2,3)38-24(40)36-23-15(10-12-11-34-25(43(4,41)42)37-22(12)35-23)19-17(28)9-8-13(20(19)29)18-14(21(33)39)6-5-7-16(18)27(30,31)32/h5-11H,1-4H3,(H2,33,39)(H2,34,35,36,37,38,40). The van der Waals surface area contributed by atoms with Gasteiger partial charge in [-0.25, -0.2) is 23.2 Å². The number of hydrogen-bond donors (Lipinski definition) is 3. The molecule has 2 heterocycles. The molecule has 10 nitrogen and oxygen atoms in total. The fourth-order valence-electron chi connectivity index (χ4n) is 4.17. The average molecular weight is 655 g/mol. The quantitative estimate of drug-likeness (QED) is 0.219. The van der Waals surface area contributed by atoms with Gasteiger partial charge in [-0.1, -0.05) is 35.3 Å². The number of hydrogen-bond acceptors (Lipinski definition) is 7. The number of halogens is 5. The molecule has 0 bridgehead atoms. The minimum Gasteiger partial charge on any atom is -0.366 e. The van der Waals surface area contributed by atoms with Crippen molar-refractivity contribution in [3.05, 3.63) is 63.8 Å². The number of pyridine rings is 1. The lowest BCUT2D eigenvalue weighted by Gasteiger charge is -2.22. The molecule has 4 rings (SSSR count). The number of primary amides is 1. The lowest BCUT2D eigenvalue weighted by Crippen LogP contribution is -2.43. The molecular formula is C27H23Cl2F3N6O4S. The lowest BCUT2D eigenvalue weighted by molar-refractivity contribution is -0.137. The highest BCUT2D eigenvalue weighted by Gasteiger charge is 2.36. The van der Waals surface area contributed by atoms with Crippen LogP contribution in [0.4, 0.5) is 23.8 Å². The van der Waals surface area contributed by atoms with E-state index < -0.39 is 55.3 Å². The van der Waals surface area contributed by atoms with Crippen LogP contribution in [-0.2, 0) is 16.0 Å². The Morgan fingerprint density at radius 1 is 0.977 bits per heavy atom. The number of carbonyl (C=O) groups excluding carboxylic acids is 2. The van der Waals surface area contributed by atoms with E-state index in [0.29, 0.717) is 0 Å². The number of nitrogens with one attached hydrogen (secondary N) is 2. The number of nitrogens with two attached hydrogens (primary N) is 1. The van der Waals surface area contributed by atoms with Crippen molar-refractivity contribution in [3.8, 4) is 22.3 Å². The normalized spacial score (nSPS) is 12.3. The zero-order valence-corrected chi connectivity index (χ0v) is 25.2. The van der Waals surface area contributed by atoms with Gasteiger partial charge in [0.15, 0.2) is 5.65 Å². The number of anilines is 1. The second kappa shape index (κ2) is 11.2. The second-order valence-electron chi connectivity index (χ2n) is 10.4. The third-order valence-corrected chi connectivity index (χ3v) is 7.43. The summed E-state index contributed by atoms with van der Waals surface area (Å²) in [7, 11) is -3.83. The average Bonchev–Trinajstić information content (AvgIpc) is 2.86. The van der Waals surface area contributed by atoms with Gasteiger partial charge in [-0.2, -0.15) is 18.2 Å². The number of fused-ring (bicyclic) bond motifs is 1. The Kier molecular flexibility index (Phi) is 8.35. The molecule has 0 atom stereocenters. The van der Waals surface area contributed by atoms with Crippen molar-refractivity contribution in [2.24, 2.45) is 5.73 Å². The molecule has 4 aromatic rings. The summed E-state index contributed by atoms with van der Waals surface area (Å²) in [6.07, 6.45) is -2.81. The first-order chi connectivity index (χ1) is 19.8. The second-order valence-corrected chi connectivity index (χ2v) is 13.1. The minimum absolute atomic E-state index is 0.0363. The summed E-state index contributed by atoms with van der Waals surface area (Å²) in [5.74, 6) is -1.33. The van der Waals surface area contributed by atoms with E-state index in [4.69, 9.17) is 28.9 Å². The van der Waals surface area contributed by atoms with Gasteiger partial charge in [0.2, 0.25) is 20.9 Å². The number of sulfone groups is 1. The molecule has 0 saturated heterocycles. The number of amides is 3. The van der Waals surface area contributed by atoms with Gasteiger partial charge in [0, 0.05) is 51.2 Å². The monoisotopic (exact) mass is 654 g/mol. The molecule has 0 unspecified atom stereocenters. The van der Waals surface area contributed by atoms with Crippen LogP contribution in [0, 0.1) is 0 Å². The molecule has 16 heteroatoms. The summed E-state index contributed by atoms with van der Waals surface area (Å²) >= 11 is 13.3.